The van der Waals surface area contributed by atoms with Gasteiger partial charge in [-0.15, -0.1) is 0 Å². The molecule has 0 spiro atoms. The smallest absolute Gasteiger partial charge is 0.0245 e. The second-order valence-electron chi connectivity index (χ2n) is 10.8. The zero-order valence-corrected chi connectivity index (χ0v) is 23.1. The maximum atomic E-state index is 2.30. The number of nitrogens with zero attached hydrogens (tertiary/aromatic N) is 1. The number of hydrogen-bond acceptors (Lipinski definition) is 1. The Morgan fingerprint density at radius 1 is 0.344 bits per heavy atom. The number of rotatable bonds is 28. The summed E-state index contributed by atoms with van der Waals surface area (Å²) in [6, 6.07) is 0. The fraction of sp³-hybridized carbons (Fsp3) is 0.968. The summed E-state index contributed by atoms with van der Waals surface area (Å²) in [4.78, 5) is 2.18. The molecule has 0 N–H and O–H groups in total. The lowest BCUT2D eigenvalue weighted by Gasteiger charge is -2.07. The Balaban J connectivity index is 3.00. The van der Waals surface area contributed by atoms with Gasteiger partial charge >= 0.3 is 0 Å². The second kappa shape index (κ2) is 29.0. The van der Waals surface area contributed by atoms with Crippen LogP contribution in [0.15, 0.2) is 0 Å². The number of hydrogen-bond donors (Lipinski definition) is 0. The van der Waals surface area contributed by atoms with Gasteiger partial charge < -0.3 is 4.90 Å². The Morgan fingerprint density at radius 3 is 0.781 bits per heavy atom. The van der Waals surface area contributed by atoms with Crippen molar-refractivity contribution in [2.45, 2.75) is 180 Å². The lowest BCUT2D eigenvalue weighted by Crippen LogP contribution is -2.06. The third-order valence-electron chi connectivity index (χ3n) is 7.05. The third-order valence-corrected chi connectivity index (χ3v) is 7.05. The van der Waals surface area contributed by atoms with Gasteiger partial charge in [0.05, 0.1) is 0 Å². The lowest BCUT2D eigenvalue weighted by atomic mass is 10.0. The highest BCUT2D eigenvalue weighted by molar-refractivity contribution is 4.60. The highest BCUT2D eigenvalue weighted by Crippen LogP contribution is 2.16. The molecule has 0 amide bonds. The second-order valence-corrected chi connectivity index (χ2v) is 10.8. The molecule has 0 bridgehead atoms. The summed E-state index contributed by atoms with van der Waals surface area (Å²) >= 11 is 0. The average molecular weight is 451 g/mol. The topological polar surface area (TPSA) is 3.24 Å². The van der Waals surface area contributed by atoms with Crippen molar-refractivity contribution in [1.29, 1.82) is 0 Å². The summed E-state index contributed by atoms with van der Waals surface area (Å²) in [5, 5.41) is 0. The van der Waals surface area contributed by atoms with Crippen LogP contribution in [0.4, 0.5) is 0 Å². The van der Waals surface area contributed by atoms with Gasteiger partial charge in [0.2, 0.25) is 0 Å². The monoisotopic (exact) mass is 451 g/mol. The molecule has 193 valence electrons. The van der Waals surface area contributed by atoms with Crippen LogP contribution in [-0.2, 0) is 0 Å². The van der Waals surface area contributed by atoms with Crippen LogP contribution in [0.25, 0.3) is 0 Å². The minimum Gasteiger partial charge on any atom is -0.305 e. The number of unbranched alkanes of at least 4 members (excludes halogenated alkanes) is 26. The van der Waals surface area contributed by atoms with Crippen LogP contribution in [-0.4, -0.2) is 19.0 Å². The third kappa shape index (κ3) is 30.0. The first-order valence-corrected chi connectivity index (χ1v) is 15.3. The molecule has 0 atom stereocenters. The van der Waals surface area contributed by atoms with Crippen LogP contribution in [0.2, 0.25) is 0 Å². The predicted molar refractivity (Wildman–Crippen MR) is 148 cm³/mol. The molecule has 0 aliphatic heterocycles. The standard InChI is InChI=1S/C31H64N/c1-4-5-6-7-8-9-10-11-12-13-14-15-16-17-18-19-20-21-22-23-24-25-26-27-28-29-30-31-32(2)3/h31H,4-30H2,1-3H3. The molecule has 0 heterocycles. The molecule has 0 fully saturated rings. The maximum Gasteiger partial charge on any atom is 0.0245 e. The molecule has 0 aliphatic carbocycles. The minimum absolute atomic E-state index is 1.26. The van der Waals surface area contributed by atoms with E-state index in [2.05, 4.69) is 32.5 Å². The first-order chi connectivity index (χ1) is 15.8. The first kappa shape index (κ1) is 32.0. The van der Waals surface area contributed by atoms with Crippen molar-refractivity contribution in [3.63, 3.8) is 0 Å². The highest BCUT2D eigenvalue weighted by Gasteiger charge is 1.97. The van der Waals surface area contributed by atoms with Crippen LogP contribution in [0.5, 0.6) is 0 Å². The molecule has 0 saturated heterocycles. The Kier molecular flexibility index (Phi) is 29.0. The van der Waals surface area contributed by atoms with Gasteiger partial charge in [0.25, 0.3) is 0 Å². The Morgan fingerprint density at radius 2 is 0.562 bits per heavy atom. The van der Waals surface area contributed by atoms with Crippen molar-refractivity contribution >= 4 is 0 Å². The van der Waals surface area contributed by atoms with Gasteiger partial charge in [0.1, 0.15) is 0 Å². The minimum atomic E-state index is 1.26. The molecule has 32 heavy (non-hydrogen) atoms. The SMILES string of the molecule is CCCCCCCCCCCCCCCCCCCCCCCCCCCC[CH]N(C)C. The molecule has 0 saturated carbocycles. The Labute approximate surface area is 205 Å². The summed E-state index contributed by atoms with van der Waals surface area (Å²) in [7, 11) is 4.25. The fourth-order valence-electron chi connectivity index (χ4n) is 4.81. The van der Waals surface area contributed by atoms with E-state index in [1.54, 1.807) is 0 Å². The van der Waals surface area contributed by atoms with E-state index in [4.69, 9.17) is 0 Å². The van der Waals surface area contributed by atoms with Crippen molar-refractivity contribution in [2.75, 3.05) is 14.1 Å². The van der Waals surface area contributed by atoms with Crippen LogP contribution < -0.4 is 0 Å². The molecule has 0 aliphatic rings. The summed E-state index contributed by atoms with van der Waals surface area (Å²) in [6.45, 7) is 4.61. The van der Waals surface area contributed by atoms with E-state index >= 15 is 0 Å². The van der Waals surface area contributed by atoms with E-state index in [-0.39, 0.29) is 0 Å². The molecule has 1 radical (unpaired) electrons. The highest BCUT2D eigenvalue weighted by atomic mass is 15.0. The molecule has 0 aromatic rings. The lowest BCUT2D eigenvalue weighted by molar-refractivity contribution is 0.460. The van der Waals surface area contributed by atoms with Crippen molar-refractivity contribution in [1.82, 2.24) is 4.90 Å². The molecule has 1 nitrogen and oxygen atoms in total. The van der Waals surface area contributed by atoms with Crippen LogP contribution >= 0.6 is 0 Å². The van der Waals surface area contributed by atoms with Gasteiger partial charge in [-0.2, -0.15) is 0 Å². The molecule has 0 rings (SSSR count). The van der Waals surface area contributed by atoms with E-state index in [1.165, 1.54) is 173 Å². The first-order valence-electron chi connectivity index (χ1n) is 15.3. The van der Waals surface area contributed by atoms with Gasteiger partial charge in [0.15, 0.2) is 0 Å². The van der Waals surface area contributed by atoms with Gasteiger partial charge in [-0.05, 0) is 20.5 Å². The van der Waals surface area contributed by atoms with E-state index in [1.807, 2.05) is 0 Å². The summed E-state index contributed by atoms with van der Waals surface area (Å²) in [5.74, 6) is 0. The van der Waals surface area contributed by atoms with Crippen molar-refractivity contribution in [2.24, 2.45) is 0 Å². The molecule has 0 aromatic heterocycles. The van der Waals surface area contributed by atoms with Gasteiger partial charge in [-0.25, -0.2) is 0 Å². The Hall–Kier alpha value is -0.0400. The quantitative estimate of drug-likeness (QED) is 0.107. The van der Waals surface area contributed by atoms with Crippen molar-refractivity contribution in [3.8, 4) is 0 Å². The maximum absolute atomic E-state index is 2.30. The average Bonchev–Trinajstić information content (AvgIpc) is 2.78. The summed E-state index contributed by atoms with van der Waals surface area (Å²) in [5.41, 5.74) is 0. The van der Waals surface area contributed by atoms with Gasteiger partial charge in [-0.1, -0.05) is 174 Å². The van der Waals surface area contributed by atoms with Crippen LogP contribution in [0.3, 0.4) is 0 Å². The van der Waals surface area contributed by atoms with Crippen molar-refractivity contribution in [3.05, 3.63) is 6.54 Å². The Bertz CT molecular complexity index is 312. The van der Waals surface area contributed by atoms with Gasteiger partial charge in [0, 0.05) is 6.54 Å². The largest absolute Gasteiger partial charge is 0.305 e. The molecule has 1 heteroatoms. The molecule has 0 aromatic carbocycles. The fourth-order valence-corrected chi connectivity index (χ4v) is 4.81. The molecular weight excluding hydrogens is 386 g/mol. The molecular formula is C31H64N. The summed E-state index contributed by atoms with van der Waals surface area (Å²) < 4.78 is 0. The normalized spacial score (nSPS) is 11.6. The van der Waals surface area contributed by atoms with Crippen LogP contribution in [0.1, 0.15) is 180 Å². The molecule has 0 unspecified atom stereocenters. The zero-order valence-electron chi connectivity index (χ0n) is 23.1. The van der Waals surface area contributed by atoms with Crippen molar-refractivity contribution < 1.29 is 0 Å². The van der Waals surface area contributed by atoms with Gasteiger partial charge in [-0.3, -0.25) is 0 Å². The van der Waals surface area contributed by atoms with E-state index < -0.39 is 0 Å². The summed E-state index contributed by atoms with van der Waals surface area (Å²) in [6.07, 6.45) is 39.5. The van der Waals surface area contributed by atoms with E-state index in [0.717, 1.165) is 0 Å². The zero-order chi connectivity index (χ0) is 23.4. The predicted octanol–water partition coefficient (Wildman–Crippen LogP) is 11.3. The van der Waals surface area contributed by atoms with Crippen LogP contribution in [0, 0.1) is 6.54 Å². The van der Waals surface area contributed by atoms with E-state index in [9.17, 15) is 0 Å². The van der Waals surface area contributed by atoms with E-state index in [0.29, 0.717) is 0 Å².